The standard InChI is InChI=1S/C14H24ClN3/c1-10(2)8-16-9-14(5-6-14)7-12-11(3)17-18(4)13(12)15/h10,16H,5-9H2,1-4H3. The van der Waals surface area contributed by atoms with Crippen molar-refractivity contribution in [2.24, 2.45) is 18.4 Å². The van der Waals surface area contributed by atoms with E-state index >= 15 is 0 Å². The topological polar surface area (TPSA) is 29.9 Å². The zero-order valence-corrected chi connectivity index (χ0v) is 12.6. The maximum atomic E-state index is 6.31. The Morgan fingerprint density at radius 2 is 2.11 bits per heavy atom. The summed E-state index contributed by atoms with van der Waals surface area (Å²) in [6.45, 7) is 8.75. The third-order valence-corrected chi connectivity index (χ3v) is 4.30. The maximum absolute atomic E-state index is 6.31. The molecule has 0 atom stereocenters. The molecule has 0 aliphatic heterocycles. The van der Waals surface area contributed by atoms with Gasteiger partial charge >= 0.3 is 0 Å². The summed E-state index contributed by atoms with van der Waals surface area (Å²) in [5.74, 6) is 0.713. The Labute approximate surface area is 115 Å². The molecule has 1 heterocycles. The van der Waals surface area contributed by atoms with Gasteiger partial charge in [-0.2, -0.15) is 5.10 Å². The van der Waals surface area contributed by atoms with Gasteiger partial charge in [0.25, 0.3) is 0 Å². The van der Waals surface area contributed by atoms with Gasteiger partial charge in [0.2, 0.25) is 0 Å². The molecule has 1 N–H and O–H groups in total. The van der Waals surface area contributed by atoms with Gasteiger partial charge in [0.05, 0.1) is 5.69 Å². The van der Waals surface area contributed by atoms with Crippen LogP contribution in [0.1, 0.15) is 37.9 Å². The third-order valence-electron chi connectivity index (χ3n) is 3.83. The van der Waals surface area contributed by atoms with Crippen LogP contribution in [0.3, 0.4) is 0 Å². The summed E-state index contributed by atoms with van der Waals surface area (Å²) in [5, 5.41) is 8.79. The van der Waals surface area contributed by atoms with Crippen LogP contribution in [0.15, 0.2) is 0 Å². The second kappa shape index (κ2) is 5.22. The molecule has 0 unspecified atom stereocenters. The largest absolute Gasteiger partial charge is 0.316 e. The normalized spacial score (nSPS) is 17.4. The molecule has 1 fully saturated rings. The molecule has 0 bridgehead atoms. The minimum absolute atomic E-state index is 0.437. The number of hydrogen-bond donors (Lipinski definition) is 1. The number of rotatable bonds is 6. The molecule has 0 spiro atoms. The van der Waals surface area contributed by atoms with E-state index < -0.39 is 0 Å². The SMILES string of the molecule is Cc1nn(C)c(Cl)c1CC1(CNCC(C)C)CC1. The number of nitrogens with zero attached hydrogens (tertiary/aromatic N) is 2. The van der Waals surface area contributed by atoms with Gasteiger partial charge < -0.3 is 5.32 Å². The van der Waals surface area contributed by atoms with Crippen molar-refractivity contribution in [1.29, 1.82) is 0 Å². The first-order valence-electron chi connectivity index (χ1n) is 6.82. The lowest BCUT2D eigenvalue weighted by atomic mass is 9.96. The quantitative estimate of drug-likeness (QED) is 0.861. The second-order valence-corrected chi connectivity index (χ2v) is 6.54. The summed E-state index contributed by atoms with van der Waals surface area (Å²) >= 11 is 6.31. The van der Waals surface area contributed by atoms with Crippen LogP contribution in [-0.4, -0.2) is 22.9 Å². The van der Waals surface area contributed by atoms with Gasteiger partial charge in [-0.25, -0.2) is 0 Å². The molecule has 1 saturated carbocycles. The molecule has 4 heteroatoms. The van der Waals surface area contributed by atoms with Crippen molar-refractivity contribution in [2.75, 3.05) is 13.1 Å². The highest BCUT2D eigenvalue weighted by Gasteiger charge is 2.43. The fraction of sp³-hybridized carbons (Fsp3) is 0.786. The monoisotopic (exact) mass is 269 g/mol. The molecule has 1 aliphatic rings. The second-order valence-electron chi connectivity index (χ2n) is 6.18. The fourth-order valence-electron chi connectivity index (χ4n) is 2.47. The van der Waals surface area contributed by atoms with E-state index in [0.29, 0.717) is 11.3 Å². The van der Waals surface area contributed by atoms with E-state index in [9.17, 15) is 0 Å². The molecule has 0 amide bonds. The van der Waals surface area contributed by atoms with Crippen molar-refractivity contribution in [3.05, 3.63) is 16.4 Å². The van der Waals surface area contributed by atoms with Gasteiger partial charge in [0.1, 0.15) is 5.15 Å². The van der Waals surface area contributed by atoms with Crippen LogP contribution in [0, 0.1) is 18.3 Å². The smallest absolute Gasteiger partial charge is 0.130 e. The zero-order chi connectivity index (χ0) is 13.3. The predicted molar refractivity (Wildman–Crippen MR) is 76.0 cm³/mol. The van der Waals surface area contributed by atoms with Crippen molar-refractivity contribution in [1.82, 2.24) is 15.1 Å². The summed E-state index contributed by atoms with van der Waals surface area (Å²) in [6.07, 6.45) is 3.68. The van der Waals surface area contributed by atoms with Crippen LogP contribution in [0.5, 0.6) is 0 Å². The highest BCUT2D eigenvalue weighted by atomic mass is 35.5. The van der Waals surface area contributed by atoms with Crippen molar-refractivity contribution >= 4 is 11.6 Å². The summed E-state index contributed by atoms with van der Waals surface area (Å²) in [6, 6.07) is 0. The van der Waals surface area contributed by atoms with Crippen LogP contribution < -0.4 is 5.32 Å². The first-order valence-corrected chi connectivity index (χ1v) is 7.20. The van der Waals surface area contributed by atoms with Crippen molar-refractivity contribution in [3.63, 3.8) is 0 Å². The Morgan fingerprint density at radius 1 is 1.44 bits per heavy atom. The van der Waals surface area contributed by atoms with E-state index in [2.05, 4.69) is 31.2 Å². The zero-order valence-electron chi connectivity index (χ0n) is 11.9. The van der Waals surface area contributed by atoms with E-state index in [0.717, 1.165) is 30.4 Å². The van der Waals surface area contributed by atoms with Gasteiger partial charge in [0, 0.05) is 19.2 Å². The van der Waals surface area contributed by atoms with Crippen LogP contribution in [0.4, 0.5) is 0 Å². The fourth-order valence-corrected chi connectivity index (χ4v) is 2.71. The number of aromatic nitrogens is 2. The lowest BCUT2D eigenvalue weighted by molar-refractivity contribution is 0.431. The minimum atomic E-state index is 0.437. The average Bonchev–Trinajstić information content (AvgIpc) is 2.99. The molecule has 0 saturated heterocycles. The molecule has 18 heavy (non-hydrogen) atoms. The Hall–Kier alpha value is -0.540. The van der Waals surface area contributed by atoms with Crippen molar-refractivity contribution in [2.45, 2.75) is 40.0 Å². The van der Waals surface area contributed by atoms with Gasteiger partial charge in [0.15, 0.2) is 0 Å². The van der Waals surface area contributed by atoms with Crippen molar-refractivity contribution < 1.29 is 0 Å². The number of halogens is 1. The van der Waals surface area contributed by atoms with E-state index in [-0.39, 0.29) is 0 Å². The minimum Gasteiger partial charge on any atom is -0.316 e. The summed E-state index contributed by atoms with van der Waals surface area (Å²) in [7, 11) is 1.91. The van der Waals surface area contributed by atoms with Crippen LogP contribution in [-0.2, 0) is 13.5 Å². The highest BCUT2D eigenvalue weighted by molar-refractivity contribution is 6.30. The molecule has 1 aromatic heterocycles. The Balaban J connectivity index is 1.96. The lowest BCUT2D eigenvalue weighted by Gasteiger charge is -2.17. The van der Waals surface area contributed by atoms with Crippen LogP contribution in [0.2, 0.25) is 5.15 Å². The predicted octanol–water partition coefficient (Wildman–Crippen LogP) is 2.95. The third kappa shape index (κ3) is 3.07. The Morgan fingerprint density at radius 3 is 2.56 bits per heavy atom. The van der Waals surface area contributed by atoms with Crippen LogP contribution >= 0.6 is 11.6 Å². The molecule has 1 aromatic rings. The van der Waals surface area contributed by atoms with E-state index in [1.807, 2.05) is 7.05 Å². The molecule has 2 rings (SSSR count). The molecule has 0 aromatic carbocycles. The molecular formula is C14H24ClN3. The molecular weight excluding hydrogens is 246 g/mol. The number of aryl methyl sites for hydroxylation is 2. The lowest BCUT2D eigenvalue weighted by Crippen LogP contribution is -2.28. The summed E-state index contributed by atoms with van der Waals surface area (Å²) < 4.78 is 1.78. The first kappa shape index (κ1) is 13.9. The Kier molecular flexibility index (Phi) is 4.02. The highest BCUT2D eigenvalue weighted by Crippen LogP contribution is 2.49. The summed E-state index contributed by atoms with van der Waals surface area (Å²) in [5.41, 5.74) is 2.76. The molecule has 3 nitrogen and oxygen atoms in total. The van der Waals surface area contributed by atoms with E-state index in [4.69, 9.17) is 11.6 Å². The van der Waals surface area contributed by atoms with Crippen LogP contribution in [0.25, 0.3) is 0 Å². The maximum Gasteiger partial charge on any atom is 0.130 e. The summed E-state index contributed by atoms with van der Waals surface area (Å²) in [4.78, 5) is 0. The van der Waals surface area contributed by atoms with Gasteiger partial charge in [-0.05, 0) is 44.1 Å². The van der Waals surface area contributed by atoms with Gasteiger partial charge in [-0.1, -0.05) is 25.4 Å². The number of hydrogen-bond acceptors (Lipinski definition) is 2. The first-order chi connectivity index (χ1) is 8.43. The van der Waals surface area contributed by atoms with Gasteiger partial charge in [-0.3, -0.25) is 4.68 Å². The molecule has 1 aliphatic carbocycles. The van der Waals surface area contributed by atoms with Crippen molar-refractivity contribution in [3.8, 4) is 0 Å². The van der Waals surface area contributed by atoms with E-state index in [1.165, 1.54) is 18.4 Å². The van der Waals surface area contributed by atoms with E-state index in [1.54, 1.807) is 4.68 Å². The molecule has 0 radical (unpaired) electrons. The molecule has 102 valence electrons. The Bertz CT molecular complexity index is 419. The number of nitrogens with one attached hydrogen (secondary N) is 1. The average molecular weight is 270 g/mol. The van der Waals surface area contributed by atoms with Gasteiger partial charge in [-0.15, -0.1) is 0 Å².